The van der Waals surface area contributed by atoms with Crippen molar-refractivity contribution in [2.75, 3.05) is 7.11 Å². The van der Waals surface area contributed by atoms with Gasteiger partial charge in [-0.3, -0.25) is 9.59 Å². The van der Waals surface area contributed by atoms with E-state index in [2.05, 4.69) is 0 Å². The molecule has 4 aliphatic carbocycles. The van der Waals surface area contributed by atoms with Crippen LogP contribution in [-0.2, 0) is 20.5 Å². The number of ketones is 1. The normalized spacial score (nSPS) is 24.5. The van der Waals surface area contributed by atoms with Crippen molar-refractivity contribution < 1.29 is 29.0 Å². The molecule has 6 nitrogen and oxygen atoms in total. The van der Waals surface area contributed by atoms with Crippen molar-refractivity contribution >= 4 is 28.6 Å². The number of esters is 1. The number of ether oxygens (including phenoxy) is 2. The van der Waals surface area contributed by atoms with Gasteiger partial charge in [0.25, 0.3) is 0 Å². The molecule has 2 atom stereocenters. The van der Waals surface area contributed by atoms with Gasteiger partial charge in [0.1, 0.15) is 22.2 Å². The molecule has 7 rings (SSSR count). The molecule has 0 saturated heterocycles. The van der Waals surface area contributed by atoms with Gasteiger partial charge in [0.2, 0.25) is 0 Å². The van der Waals surface area contributed by atoms with Crippen molar-refractivity contribution in [3.63, 3.8) is 0 Å². The summed E-state index contributed by atoms with van der Waals surface area (Å²) >= 11 is 0. The molecule has 212 valence electrons. The first-order valence-electron chi connectivity index (χ1n) is 14.2. The Kier molecular flexibility index (Phi) is 6.97. The molecule has 41 heavy (non-hydrogen) atoms. The van der Waals surface area contributed by atoms with Gasteiger partial charge in [-0.1, -0.05) is 35.4 Å². The average molecular weight is 572 g/mol. The highest BCUT2D eigenvalue weighted by Gasteiger charge is 2.59. The maximum Gasteiger partial charge on any atom is 0.341 e. The lowest BCUT2D eigenvalue weighted by Gasteiger charge is -2.53. The molecule has 4 saturated carbocycles. The number of carboxylic acids is 1. The minimum Gasteiger partial charge on any atom is -0.493 e. The topological polar surface area (TPSA) is 89.9 Å². The molecule has 4 fully saturated rings. The summed E-state index contributed by atoms with van der Waals surface area (Å²) in [6.07, 6.45) is 3.57. The van der Waals surface area contributed by atoms with E-state index in [0.717, 1.165) is 40.2 Å². The van der Waals surface area contributed by atoms with Gasteiger partial charge in [-0.05, 0) is 83.1 Å². The van der Waals surface area contributed by atoms with E-state index in [9.17, 15) is 19.5 Å². The van der Waals surface area contributed by atoms with E-state index in [1.54, 1.807) is 0 Å². The summed E-state index contributed by atoms with van der Waals surface area (Å²) < 4.78 is 11.9. The van der Waals surface area contributed by atoms with Gasteiger partial charge in [0, 0.05) is 17.9 Å². The molecule has 1 N–H and O–H groups in total. The fourth-order valence-electron chi connectivity index (χ4n) is 7.37. The van der Waals surface area contributed by atoms with E-state index in [4.69, 9.17) is 9.47 Å². The second-order valence-corrected chi connectivity index (χ2v) is 14.0. The van der Waals surface area contributed by atoms with Crippen molar-refractivity contribution in [1.82, 2.24) is 0 Å². The van der Waals surface area contributed by atoms with Crippen molar-refractivity contribution in [1.29, 1.82) is 0 Å². The first-order valence-corrected chi connectivity index (χ1v) is 15.4. The highest BCUT2D eigenvalue weighted by Crippen LogP contribution is 2.59. The van der Waals surface area contributed by atoms with Crippen LogP contribution in [0.1, 0.15) is 59.2 Å². The van der Waals surface area contributed by atoms with Crippen LogP contribution in [0.25, 0.3) is 0 Å². The third kappa shape index (κ3) is 4.74. The molecule has 7 heteroatoms. The summed E-state index contributed by atoms with van der Waals surface area (Å²) in [7, 11) is 0.661. The fourth-order valence-corrected chi connectivity index (χ4v) is 9.70. The summed E-state index contributed by atoms with van der Waals surface area (Å²) in [6, 6.07) is 17.7. The summed E-state index contributed by atoms with van der Waals surface area (Å²) in [5, 5.41) is 10.4. The van der Waals surface area contributed by atoms with E-state index in [0.29, 0.717) is 35.0 Å². The van der Waals surface area contributed by atoms with Crippen LogP contribution >= 0.6 is 0 Å². The number of aromatic carboxylic acids is 1. The molecule has 0 spiro atoms. The maximum absolute atomic E-state index is 14.0. The number of aryl methyl sites for hydroxylation is 2. The SMILES string of the molecule is COc1cc(C(=O)O)c([S+](c2ccc(C)cc2)c2ccc(C)cc2)c(C)c1OC(=O)C12CC3CC(C1)C(=O)C(C3)C2. The Morgan fingerprint density at radius 1 is 0.878 bits per heavy atom. The van der Waals surface area contributed by atoms with Gasteiger partial charge >= 0.3 is 11.9 Å². The van der Waals surface area contributed by atoms with Gasteiger partial charge in [-0.25, -0.2) is 4.79 Å². The first-order chi connectivity index (χ1) is 19.6. The Hall–Kier alpha value is -3.58. The third-order valence-corrected chi connectivity index (χ3v) is 11.6. The van der Waals surface area contributed by atoms with Gasteiger partial charge in [0.15, 0.2) is 26.2 Å². The van der Waals surface area contributed by atoms with Crippen LogP contribution in [0.15, 0.2) is 69.3 Å². The molecule has 4 bridgehead atoms. The molecule has 3 aromatic rings. The average Bonchev–Trinajstić information content (AvgIpc) is 2.94. The van der Waals surface area contributed by atoms with E-state index < -0.39 is 22.3 Å². The highest BCUT2D eigenvalue weighted by atomic mass is 32.2. The Balaban J connectivity index is 1.48. The van der Waals surface area contributed by atoms with Crippen LogP contribution in [0.3, 0.4) is 0 Å². The van der Waals surface area contributed by atoms with E-state index >= 15 is 0 Å². The van der Waals surface area contributed by atoms with Crippen LogP contribution in [0.5, 0.6) is 11.5 Å². The van der Waals surface area contributed by atoms with Crippen LogP contribution in [0.4, 0.5) is 0 Å². The van der Waals surface area contributed by atoms with Crippen LogP contribution in [-0.4, -0.2) is 29.9 Å². The van der Waals surface area contributed by atoms with E-state index in [1.165, 1.54) is 13.2 Å². The predicted octanol–water partition coefficient (Wildman–Crippen LogP) is 6.71. The molecule has 4 aliphatic rings. The Labute approximate surface area is 243 Å². The number of carbonyl (C=O) groups is 3. The lowest BCUT2D eigenvalue weighted by molar-refractivity contribution is -0.167. The van der Waals surface area contributed by atoms with Gasteiger partial charge in [-0.2, -0.15) is 0 Å². The van der Waals surface area contributed by atoms with Crippen molar-refractivity contribution in [3.05, 3.63) is 76.9 Å². The Bertz CT molecular complexity index is 1480. The number of rotatable bonds is 7. The molecule has 0 radical (unpaired) electrons. The minimum atomic E-state index is -1.07. The molecule has 0 heterocycles. The van der Waals surface area contributed by atoms with Crippen molar-refractivity contribution in [2.24, 2.45) is 23.2 Å². The second-order valence-electron chi connectivity index (χ2n) is 12.1. The number of Topliss-reactive ketones (excluding diaryl/α,β-unsaturated/α-hetero) is 1. The number of benzene rings is 3. The van der Waals surface area contributed by atoms with Gasteiger partial charge in [-0.15, -0.1) is 0 Å². The van der Waals surface area contributed by atoms with Crippen molar-refractivity contribution in [3.8, 4) is 11.5 Å². The van der Waals surface area contributed by atoms with Crippen LogP contribution in [0, 0.1) is 43.9 Å². The molecule has 0 amide bonds. The third-order valence-electron chi connectivity index (χ3n) is 9.21. The Morgan fingerprint density at radius 2 is 1.41 bits per heavy atom. The summed E-state index contributed by atoms with van der Waals surface area (Å²) in [6.45, 7) is 5.85. The second kappa shape index (κ2) is 10.4. The molecular formula is C34H35O6S+. The molecule has 0 aromatic heterocycles. The van der Waals surface area contributed by atoms with Gasteiger partial charge < -0.3 is 14.6 Å². The first kappa shape index (κ1) is 27.6. The zero-order valence-corrected chi connectivity index (χ0v) is 24.7. The lowest BCUT2D eigenvalue weighted by atomic mass is 9.49. The lowest BCUT2D eigenvalue weighted by Crippen LogP contribution is -2.55. The van der Waals surface area contributed by atoms with Gasteiger partial charge in [0.05, 0.1) is 18.1 Å². The standard InChI is InChI=1S/C34H34O6S/c1-19-5-9-25(10-6-19)41(26-11-7-20(2)8-12-26)31-21(3)30(28(39-4)15-27(31)32(36)37)40-33(38)34-16-22-13-23(17-34)29(35)24(14-22)18-34/h5-12,15,22-24H,13-14,16-18H2,1-4H3/p+1. The smallest absolute Gasteiger partial charge is 0.341 e. The predicted molar refractivity (Wildman–Crippen MR) is 156 cm³/mol. The highest BCUT2D eigenvalue weighted by molar-refractivity contribution is 7.97. The number of hydrogen-bond donors (Lipinski definition) is 1. The van der Waals surface area contributed by atoms with E-state index in [-0.39, 0.29) is 34.9 Å². The molecule has 2 unspecified atom stereocenters. The monoisotopic (exact) mass is 571 g/mol. The van der Waals surface area contributed by atoms with Crippen LogP contribution < -0.4 is 9.47 Å². The molecular weight excluding hydrogens is 536 g/mol. The minimum absolute atomic E-state index is 0.0596. The number of methoxy groups -OCH3 is 1. The summed E-state index contributed by atoms with van der Waals surface area (Å²) in [4.78, 5) is 42.0. The largest absolute Gasteiger partial charge is 0.493 e. The fraction of sp³-hybridized carbons (Fsp3) is 0.382. The quantitative estimate of drug-likeness (QED) is 0.193. The summed E-state index contributed by atoms with van der Waals surface area (Å²) in [5.41, 5.74) is 2.22. The number of carboxylic acid groups (broad SMARTS) is 1. The van der Waals surface area contributed by atoms with E-state index in [1.807, 2.05) is 69.3 Å². The zero-order chi connectivity index (χ0) is 29.1. The number of hydrogen-bond acceptors (Lipinski definition) is 5. The zero-order valence-electron chi connectivity index (χ0n) is 23.9. The molecule has 3 aromatic carbocycles. The van der Waals surface area contributed by atoms with Crippen LogP contribution in [0.2, 0.25) is 0 Å². The summed E-state index contributed by atoms with van der Waals surface area (Å²) in [5.74, 6) is -0.358. The number of carbonyl (C=O) groups excluding carboxylic acids is 2. The molecule has 0 aliphatic heterocycles. The Morgan fingerprint density at radius 3 is 1.90 bits per heavy atom. The maximum atomic E-state index is 14.0. The van der Waals surface area contributed by atoms with Crippen molar-refractivity contribution in [2.45, 2.75) is 67.6 Å².